The largest absolute Gasteiger partial charge is 0.339 e. The number of nitrogens with zero attached hydrogens (tertiary/aromatic N) is 2. The van der Waals surface area contributed by atoms with E-state index in [1.165, 1.54) is 19.3 Å². The maximum Gasteiger partial charge on any atom is 0.225 e. The van der Waals surface area contributed by atoms with Gasteiger partial charge in [-0.3, -0.25) is 9.59 Å². The van der Waals surface area contributed by atoms with Gasteiger partial charge in [0.15, 0.2) is 0 Å². The Balaban J connectivity index is 1.83. The molecule has 1 saturated heterocycles. The highest BCUT2D eigenvalue weighted by molar-refractivity contribution is 5.79. The van der Waals surface area contributed by atoms with Gasteiger partial charge in [-0.05, 0) is 12.8 Å². The van der Waals surface area contributed by atoms with Gasteiger partial charge in [0.2, 0.25) is 11.8 Å². The average Bonchev–Trinajstić information content (AvgIpc) is 2.39. The van der Waals surface area contributed by atoms with E-state index in [-0.39, 0.29) is 11.8 Å². The molecule has 2 aliphatic rings. The highest BCUT2D eigenvalue weighted by Gasteiger charge is 2.28. The van der Waals surface area contributed by atoms with Gasteiger partial charge in [0.05, 0.1) is 0 Å². The predicted molar refractivity (Wildman–Crippen MR) is 65.4 cm³/mol. The van der Waals surface area contributed by atoms with E-state index in [1.54, 1.807) is 6.92 Å². The van der Waals surface area contributed by atoms with Crippen LogP contribution >= 0.6 is 0 Å². The third-order valence-electron chi connectivity index (χ3n) is 3.99. The Morgan fingerprint density at radius 1 is 0.882 bits per heavy atom. The summed E-state index contributed by atoms with van der Waals surface area (Å²) < 4.78 is 0. The van der Waals surface area contributed by atoms with E-state index >= 15 is 0 Å². The number of carbonyl (C=O) groups is 2. The van der Waals surface area contributed by atoms with Crippen molar-refractivity contribution in [1.82, 2.24) is 9.80 Å². The highest BCUT2D eigenvalue weighted by Crippen LogP contribution is 2.25. The van der Waals surface area contributed by atoms with Crippen LogP contribution in [0.25, 0.3) is 0 Å². The van der Waals surface area contributed by atoms with Crippen LogP contribution in [0.1, 0.15) is 39.0 Å². The van der Waals surface area contributed by atoms with Crippen LogP contribution in [-0.2, 0) is 9.59 Å². The molecule has 17 heavy (non-hydrogen) atoms. The van der Waals surface area contributed by atoms with Crippen molar-refractivity contribution in [3.8, 4) is 0 Å². The Bertz CT molecular complexity index is 290. The number of amides is 2. The summed E-state index contributed by atoms with van der Waals surface area (Å²) in [6, 6.07) is 0. The van der Waals surface area contributed by atoms with Gasteiger partial charge in [0.25, 0.3) is 0 Å². The molecule has 2 amide bonds. The maximum absolute atomic E-state index is 12.3. The van der Waals surface area contributed by atoms with Crippen LogP contribution in [0.15, 0.2) is 0 Å². The summed E-state index contributed by atoms with van der Waals surface area (Å²) in [6.45, 7) is 4.43. The van der Waals surface area contributed by atoms with Crippen molar-refractivity contribution in [3.05, 3.63) is 0 Å². The van der Waals surface area contributed by atoms with Crippen LogP contribution in [0.2, 0.25) is 0 Å². The Morgan fingerprint density at radius 2 is 1.41 bits per heavy atom. The summed E-state index contributed by atoms with van der Waals surface area (Å²) in [7, 11) is 0. The molecule has 2 fully saturated rings. The molecular weight excluding hydrogens is 216 g/mol. The zero-order chi connectivity index (χ0) is 12.3. The molecule has 0 aromatic rings. The molecule has 2 rings (SSSR count). The topological polar surface area (TPSA) is 40.6 Å². The molecule has 0 unspecified atom stereocenters. The lowest BCUT2D eigenvalue weighted by Crippen LogP contribution is -2.51. The van der Waals surface area contributed by atoms with Crippen molar-refractivity contribution < 1.29 is 9.59 Å². The maximum atomic E-state index is 12.3. The van der Waals surface area contributed by atoms with Crippen LogP contribution in [0, 0.1) is 5.92 Å². The van der Waals surface area contributed by atoms with Crippen molar-refractivity contribution in [2.45, 2.75) is 39.0 Å². The third kappa shape index (κ3) is 2.99. The molecule has 0 radical (unpaired) electrons. The molecule has 1 heterocycles. The first-order valence-corrected chi connectivity index (χ1v) is 6.73. The molecule has 1 aliphatic carbocycles. The van der Waals surface area contributed by atoms with E-state index in [1.807, 2.05) is 9.80 Å². The Morgan fingerprint density at radius 3 is 1.94 bits per heavy atom. The van der Waals surface area contributed by atoms with E-state index in [2.05, 4.69) is 0 Å². The lowest BCUT2D eigenvalue weighted by Gasteiger charge is -2.36. The second-order valence-electron chi connectivity index (χ2n) is 5.17. The number of hydrogen-bond acceptors (Lipinski definition) is 2. The van der Waals surface area contributed by atoms with Gasteiger partial charge in [-0.2, -0.15) is 0 Å². The SMILES string of the molecule is CC(=O)N1CCN(C(=O)C2CCCCC2)CC1. The van der Waals surface area contributed by atoms with E-state index < -0.39 is 0 Å². The molecule has 0 aromatic heterocycles. The van der Waals surface area contributed by atoms with Crippen LogP contribution in [0.3, 0.4) is 0 Å². The number of piperazine rings is 1. The molecule has 0 N–H and O–H groups in total. The van der Waals surface area contributed by atoms with Gasteiger partial charge in [-0.15, -0.1) is 0 Å². The second-order valence-corrected chi connectivity index (χ2v) is 5.17. The molecule has 4 heteroatoms. The molecule has 0 atom stereocenters. The minimum absolute atomic E-state index is 0.120. The summed E-state index contributed by atoms with van der Waals surface area (Å²) in [4.78, 5) is 27.2. The fourth-order valence-electron chi connectivity index (χ4n) is 2.85. The zero-order valence-electron chi connectivity index (χ0n) is 10.7. The Hall–Kier alpha value is -1.06. The van der Waals surface area contributed by atoms with Gasteiger partial charge < -0.3 is 9.80 Å². The number of hydrogen-bond donors (Lipinski definition) is 0. The van der Waals surface area contributed by atoms with Crippen molar-refractivity contribution >= 4 is 11.8 Å². The first-order chi connectivity index (χ1) is 8.18. The highest BCUT2D eigenvalue weighted by atomic mass is 16.2. The number of carbonyl (C=O) groups excluding carboxylic acids is 2. The van der Waals surface area contributed by atoms with Gasteiger partial charge >= 0.3 is 0 Å². The van der Waals surface area contributed by atoms with Gasteiger partial charge in [-0.1, -0.05) is 19.3 Å². The molecule has 1 saturated carbocycles. The average molecular weight is 238 g/mol. The summed E-state index contributed by atoms with van der Waals surface area (Å²) in [6.07, 6.45) is 5.80. The van der Waals surface area contributed by atoms with E-state index in [9.17, 15) is 9.59 Å². The molecule has 1 aliphatic heterocycles. The monoisotopic (exact) mass is 238 g/mol. The molecule has 96 valence electrons. The lowest BCUT2D eigenvalue weighted by molar-refractivity contribution is -0.142. The predicted octanol–water partition coefficient (Wildman–Crippen LogP) is 1.26. The quantitative estimate of drug-likeness (QED) is 0.690. The van der Waals surface area contributed by atoms with E-state index in [4.69, 9.17) is 0 Å². The smallest absolute Gasteiger partial charge is 0.225 e. The number of rotatable bonds is 1. The molecule has 0 spiro atoms. The van der Waals surface area contributed by atoms with Crippen LogP contribution in [0.5, 0.6) is 0 Å². The molecular formula is C13H22N2O2. The van der Waals surface area contributed by atoms with Crippen LogP contribution < -0.4 is 0 Å². The van der Waals surface area contributed by atoms with Crippen molar-refractivity contribution in [3.63, 3.8) is 0 Å². The van der Waals surface area contributed by atoms with Crippen molar-refractivity contribution in [2.75, 3.05) is 26.2 Å². The fraction of sp³-hybridized carbons (Fsp3) is 0.846. The van der Waals surface area contributed by atoms with Gasteiger partial charge in [-0.25, -0.2) is 0 Å². The summed E-state index contributed by atoms with van der Waals surface area (Å²) >= 11 is 0. The van der Waals surface area contributed by atoms with Gasteiger partial charge in [0, 0.05) is 39.0 Å². The Labute approximate surface area is 103 Å². The van der Waals surface area contributed by atoms with E-state index in [0.29, 0.717) is 19.0 Å². The third-order valence-corrected chi connectivity index (χ3v) is 3.99. The second kappa shape index (κ2) is 5.52. The fourth-order valence-corrected chi connectivity index (χ4v) is 2.85. The first kappa shape index (κ1) is 12.4. The zero-order valence-corrected chi connectivity index (χ0v) is 10.7. The summed E-state index contributed by atoms with van der Waals surface area (Å²) in [5.41, 5.74) is 0. The Kier molecular flexibility index (Phi) is 4.02. The molecule has 0 bridgehead atoms. The molecule has 4 nitrogen and oxygen atoms in total. The van der Waals surface area contributed by atoms with Crippen LogP contribution in [-0.4, -0.2) is 47.8 Å². The van der Waals surface area contributed by atoms with Gasteiger partial charge in [0.1, 0.15) is 0 Å². The minimum Gasteiger partial charge on any atom is -0.339 e. The van der Waals surface area contributed by atoms with Crippen molar-refractivity contribution in [2.24, 2.45) is 5.92 Å². The minimum atomic E-state index is 0.120. The molecule has 0 aromatic carbocycles. The summed E-state index contributed by atoms with van der Waals surface area (Å²) in [5, 5.41) is 0. The summed E-state index contributed by atoms with van der Waals surface area (Å²) in [5.74, 6) is 0.704. The van der Waals surface area contributed by atoms with Crippen LogP contribution in [0.4, 0.5) is 0 Å². The normalized spacial score (nSPS) is 22.6. The first-order valence-electron chi connectivity index (χ1n) is 6.73. The lowest BCUT2D eigenvalue weighted by atomic mass is 9.88. The van der Waals surface area contributed by atoms with E-state index in [0.717, 1.165) is 25.9 Å². The standard InChI is InChI=1S/C13H22N2O2/c1-11(16)14-7-9-15(10-8-14)13(17)12-5-3-2-4-6-12/h12H,2-10H2,1H3. The van der Waals surface area contributed by atoms with Crippen molar-refractivity contribution in [1.29, 1.82) is 0 Å².